The zero-order valence-electron chi connectivity index (χ0n) is 19.4. The first-order valence-electron chi connectivity index (χ1n) is 12.0. The normalized spacial score (nSPS) is 30.4. The molecule has 5 aliphatic rings. The van der Waals surface area contributed by atoms with Gasteiger partial charge in [-0.25, -0.2) is 18.4 Å². The molecule has 11 heteroatoms. The summed E-state index contributed by atoms with van der Waals surface area (Å²) in [7, 11) is -2.22. The Morgan fingerprint density at radius 2 is 1.79 bits per heavy atom. The van der Waals surface area contributed by atoms with Crippen LogP contribution in [0.25, 0.3) is 0 Å². The van der Waals surface area contributed by atoms with Crippen molar-refractivity contribution in [2.75, 3.05) is 11.9 Å². The fraction of sp³-hybridized carbons (Fsp3) is 0.652. The van der Waals surface area contributed by atoms with Crippen molar-refractivity contribution >= 4 is 33.3 Å². The smallest absolute Gasteiger partial charge is 0.248 e. The van der Waals surface area contributed by atoms with Gasteiger partial charge in [0.05, 0.1) is 23.3 Å². The Morgan fingerprint density at radius 1 is 1.15 bits per heavy atom. The van der Waals surface area contributed by atoms with Gasteiger partial charge >= 0.3 is 0 Å². The third kappa shape index (κ3) is 3.40. The number of amides is 1. The molecule has 182 valence electrons. The Kier molecular flexibility index (Phi) is 5.10. The predicted molar refractivity (Wildman–Crippen MR) is 126 cm³/mol. The van der Waals surface area contributed by atoms with E-state index in [4.69, 9.17) is 11.6 Å². The second kappa shape index (κ2) is 7.73. The molecule has 0 aromatic carbocycles. The van der Waals surface area contributed by atoms with E-state index in [-0.39, 0.29) is 34.5 Å². The predicted octanol–water partition coefficient (Wildman–Crippen LogP) is 3.07. The molecule has 1 N–H and O–H groups in total. The van der Waals surface area contributed by atoms with Crippen molar-refractivity contribution in [3.8, 4) is 0 Å². The van der Waals surface area contributed by atoms with E-state index in [1.807, 2.05) is 0 Å². The molecule has 3 heterocycles. The maximum atomic E-state index is 13.5. The van der Waals surface area contributed by atoms with Crippen LogP contribution < -0.4 is 5.32 Å². The number of hydrogen-bond acceptors (Lipinski definition) is 6. The Hall–Kier alpha value is -2.04. The van der Waals surface area contributed by atoms with Crippen LogP contribution in [0.2, 0.25) is 5.15 Å². The van der Waals surface area contributed by atoms with E-state index in [9.17, 15) is 13.2 Å². The molecule has 4 saturated carbocycles. The summed E-state index contributed by atoms with van der Waals surface area (Å²) >= 11 is 6.25. The van der Waals surface area contributed by atoms with Crippen molar-refractivity contribution < 1.29 is 13.2 Å². The quantitative estimate of drug-likeness (QED) is 0.685. The molecule has 4 aliphatic carbocycles. The fourth-order valence-electron chi connectivity index (χ4n) is 7.30. The lowest BCUT2D eigenvalue weighted by molar-refractivity contribution is -0.140. The highest BCUT2D eigenvalue weighted by Crippen LogP contribution is 2.60. The first kappa shape index (κ1) is 22.4. The van der Waals surface area contributed by atoms with Crippen LogP contribution in [-0.2, 0) is 34.8 Å². The summed E-state index contributed by atoms with van der Waals surface area (Å²) < 4.78 is 29.4. The van der Waals surface area contributed by atoms with Gasteiger partial charge in [-0.15, -0.1) is 0 Å². The Balaban J connectivity index is 1.24. The maximum Gasteiger partial charge on any atom is 0.248 e. The molecule has 0 saturated heterocycles. The minimum Gasteiger partial charge on any atom is -0.310 e. The van der Waals surface area contributed by atoms with Gasteiger partial charge in [0.25, 0.3) is 0 Å². The molecule has 4 fully saturated rings. The van der Waals surface area contributed by atoms with Crippen LogP contribution in [0.4, 0.5) is 5.82 Å². The van der Waals surface area contributed by atoms with Crippen LogP contribution >= 0.6 is 11.6 Å². The molecule has 0 unspecified atom stereocenters. The molecular formula is C23H29ClN6O3S. The lowest BCUT2D eigenvalue weighted by Crippen LogP contribution is -2.52. The second-order valence-electron chi connectivity index (χ2n) is 10.7. The van der Waals surface area contributed by atoms with Gasteiger partial charge in [0.2, 0.25) is 15.9 Å². The summed E-state index contributed by atoms with van der Waals surface area (Å²) in [5.74, 6) is 2.65. The van der Waals surface area contributed by atoms with Gasteiger partial charge in [0.1, 0.15) is 22.2 Å². The SMILES string of the molecule is Cc1nn(C)c(Cl)c1S(=O)(=O)N1CCc2c(ncnc2NC(=O)C23CC4CC(CC(C4)C2)C3)C1. The lowest BCUT2D eigenvalue weighted by Gasteiger charge is -2.55. The Bertz CT molecular complexity index is 1250. The van der Waals surface area contributed by atoms with Crippen LogP contribution in [0.5, 0.6) is 0 Å². The highest BCUT2D eigenvalue weighted by atomic mass is 35.5. The average Bonchev–Trinajstić information content (AvgIpc) is 3.04. The van der Waals surface area contributed by atoms with Crippen LogP contribution in [0.1, 0.15) is 55.5 Å². The van der Waals surface area contributed by atoms with Crippen molar-refractivity contribution in [3.05, 3.63) is 28.4 Å². The van der Waals surface area contributed by atoms with Crippen LogP contribution in [0, 0.1) is 30.1 Å². The first-order chi connectivity index (χ1) is 16.2. The van der Waals surface area contributed by atoms with Crippen molar-refractivity contribution in [3.63, 3.8) is 0 Å². The van der Waals surface area contributed by atoms with E-state index in [1.54, 1.807) is 14.0 Å². The maximum absolute atomic E-state index is 13.5. The number of rotatable bonds is 4. The molecule has 7 rings (SSSR count). The first-order valence-corrected chi connectivity index (χ1v) is 13.8. The number of sulfonamides is 1. The van der Waals surface area contributed by atoms with Crippen molar-refractivity contribution in [1.29, 1.82) is 0 Å². The zero-order chi connectivity index (χ0) is 23.8. The number of halogens is 1. The van der Waals surface area contributed by atoms with Gasteiger partial charge in [-0.3, -0.25) is 9.48 Å². The molecule has 0 spiro atoms. The van der Waals surface area contributed by atoms with Crippen LogP contribution in [0.15, 0.2) is 11.2 Å². The summed E-state index contributed by atoms with van der Waals surface area (Å²) in [6, 6.07) is 0. The van der Waals surface area contributed by atoms with E-state index >= 15 is 0 Å². The van der Waals surface area contributed by atoms with Gasteiger partial charge in [0, 0.05) is 19.2 Å². The van der Waals surface area contributed by atoms with Crippen molar-refractivity contribution in [1.82, 2.24) is 24.1 Å². The van der Waals surface area contributed by atoms with Gasteiger partial charge in [-0.2, -0.15) is 9.40 Å². The van der Waals surface area contributed by atoms with E-state index in [0.29, 0.717) is 41.4 Å². The minimum absolute atomic E-state index is 0.0320. The number of aromatic nitrogens is 4. The number of aryl methyl sites for hydroxylation is 2. The van der Waals surface area contributed by atoms with Gasteiger partial charge in [-0.05, 0) is 69.6 Å². The highest BCUT2D eigenvalue weighted by molar-refractivity contribution is 7.89. The summed E-state index contributed by atoms with van der Waals surface area (Å²) in [5, 5.41) is 7.38. The number of carbonyl (C=O) groups is 1. The molecular weight excluding hydrogens is 476 g/mol. The highest BCUT2D eigenvalue weighted by Gasteiger charge is 2.54. The Morgan fingerprint density at radius 3 is 2.38 bits per heavy atom. The molecule has 9 nitrogen and oxygen atoms in total. The summed E-state index contributed by atoms with van der Waals surface area (Å²) in [6.07, 6.45) is 8.61. The van der Waals surface area contributed by atoms with Crippen LogP contribution in [-0.4, -0.2) is 44.9 Å². The number of anilines is 1. The molecule has 0 radical (unpaired) electrons. The minimum atomic E-state index is -3.84. The number of carbonyl (C=O) groups excluding carboxylic acids is 1. The van der Waals surface area contributed by atoms with Crippen molar-refractivity contribution in [2.24, 2.45) is 30.2 Å². The third-order valence-electron chi connectivity index (χ3n) is 8.42. The summed E-state index contributed by atoms with van der Waals surface area (Å²) in [6.45, 7) is 2.00. The lowest BCUT2D eigenvalue weighted by atomic mass is 9.49. The number of fused-ring (bicyclic) bond motifs is 1. The number of nitrogens with zero attached hydrogens (tertiary/aromatic N) is 5. The topological polar surface area (TPSA) is 110 Å². The van der Waals surface area contributed by atoms with E-state index in [1.165, 1.54) is 34.6 Å². The van der Waals surface area contributed by atoms with Crippen LogP contribution in [0.3, 0.4) is 0 Å². The monoisotopic (exact) mass is 504 g/mol. The largest absolute Gasteiger partial charge is 0.310 e. The summed E-state index contributed by atoms with van der Waals surface area (Å²) in [5.41, 5.74) is 1.53. The van der Waals surface area contributed by atoms with Gasteiger partial charge in [0.15, 0.2) is 0 Å². The van der Waals surface area contributed by atoms with E-state index < -0.39 is 10.0 Å². The standard InChI is InChI=1S/C23H29ClN6O3S/c1-13-19(20(24)29(2)28-13)34(32,33)30-4-3-17-18(11-30)25-12-26-21(17)27-22(31)23-8-14-5-15(9-23)7-16(6-14)10-23/h12,14-16H,3-11H2,1-2H3,(H,25,26,27,31). The van der Waals surface area contributed by atoms with Crippen molar-refractivity contribution in [2.45, 2.75) is 63.3 Å². The molecule has 1 aliphatic heterocycles. The van der Waals surface area contributed by atoms with Gasteiger partial charge in [-0.1, -0.05) is 11.6 Å². The Labute approximate surface area is 204 Å². The molecule has 34 heavy (non-hydrogen) atoms. The van der Waals surface area contributed by atoms with E-state index in [0.717, 1.165) is 24.8 Å². The molecule has 2 aromatic heterocycles. The molecule has 1 amide bonds. The second-order valence-corrected chi connectivity index (χ2v) is 12.9. The average molecular weight is 505 g/mol. The summed E-state index contributed by atoms with van der Waals surface area (Å²) in [4.78, 5) is 22.3. The molecule has 0 atom stereocenters. The number of nitrogens with one attached hydrogen (secondary N) is 1. The third-order valence-corrected chi connectivity index (χ3v) is 11.0. The fourth-order valence-corrected chi connectivity index (χ4v) is 9.41. The molecule has 4 bridgehead atoms. The van der Waals surface area contributed by atoms with Gasteiger partial charge < -0.3 is 5.32 Å². The molecule has 2 aromatic rings. The number of hydrogen-bond donors (Lipinski definition) is 1. The zero-order valence-corrected chi connectivity index (χ0v) is 21.0. The van der Waals surface area contributed by atoms with E-state index in [2.05, 4.69) is 20.4 Å².